The molecule has 0 spiro atoms. The van der Waals surface area contributed by atoms with E-state index in [-0.39, 0.29) is 22.7 Å². The molecule has 0 saturated carbocycles. The van der Waals surface area contributed by atoms with E-state index < -0.39 is 69.2 Å². The molecule has 13 nitrogen and oxygen atoms in total. The van der Waals surface area contributed by atoms with Gasteiger partial charge in [-0.3, -0.25) is 9.35 Å². The Labute approximate surface area is 196 Å². The second kappa shape index (κ2) is 8.99. The Hall–Kier alpha value is -3.40. The van der Waals surface area contributed by atoms with Crippen molar-refractivity contribution in [1.29, 1.82) is 0 Å². The summed E-state index contributed by atoms with van der Waals surface area (Å²) < 4.78 is 53.0. The molecule has 5 atom stereocenters. The van der Waals surface area contributed by atoms with Crippen molar-refractivity contribution in [2.75, 3.05) is 0 Å². The maximum Gasteiger partial charge on any atom is 0.397 e. The van der Waals surface area contributed by atoms with Crippen molar-refractivity contribution >= 4 is 21.4 Å². The first-order valence-electron chi connectivity index (χ1n) is 10.0. The van der Waals surface area contributed by atoms with E-state index >= 15 is 0 Å². The van der Waals surface area contributed by atoms with Gasteiger partial charge in [-0.05, 0) is 31.2 Å². The molecule has 1 aliphatic heterocycles. The first-order chi connectivity index (χ1) is 16.4. The van der Waals surface area contributed by atoms with Gasteiger partial charge >= 0.3 is 10.4 Å². The molecule has 35 heavy (non-hydrogen) atoms. The Balaban J connectivity index is 1.91. The fourth-order valence-corrected chi connectivity index (χ4v) is 4.12. The molecule has 1 aromatic heterocycles. The Morgan fingerprint density at radius 3 is 2.26 bits per heavy atom. The van der Waals surface area contributed by atoms with Crippen LogP contribution in [-0.2, 0) is 19.3 Å². The van der Waals surface area contributed by atoms with Crippen molar-refractivity contribution in [3.05, 3.63) is 46.6 Å². The molecule has 0 bridgehead atoms. The van der Waals surface area contributed by atoms with Crippen molar-refractivity contribution < 1.29 is 56.6 Å². The highest BCUT2D eigenvalue weighted by atomic mass is 32.3. The van der Waals surface area contributed by atoms with E-state index in [0.29, 0.717) is 0 Å². The molecule has 3 aromatic rings. The molecule has 0 amide bonds. The number of aliphatic hydroxyl groups excluding tert-OH is 2. The van der Waals surface area contributed by atoms with Crippen molar-refractivity contribution in [2.24, 2.45) is 0 Å². The van der Waals surface area contributed by atoms with Gasteiger partial charge < -0.3 is 39.4 Å². The molecule has 14 heteroatoms. The Bertz CT molecular complexity index is 1410. The van der Waals surface area contributed by atoms with Gasteiger partial charge in [-0.2, -0.15) is 8.42 Å². The molecule has 5 unspecified atom stereocenters. The van der Waals surface area contributed by atoms with Crippen LogP contribution < -0.4 is 10.2 Å². The number of hydrogen-bond acceptors (Lipinski definition) is 12. The maximum atomic E-state index is 13.4. The predicted molar refractivity (Wildman–Crippen MR) is 116 cm³/mol. The zero-order valence-electron chi connectivity index (χ0n) is 17.8. The Morgan fingerprint density at radius 1 is 0.971 bits per heavy atom. The third kappa shape index (κ3) is 4.88. The fourth-order valence-electron chi connectivity index (χ4n) is 3.63. The number of rotatable bonds is 5. The van der Waals surface area contributed by atoms with Gasteiger partial charge in [-0.15, -0.1) is 0 Å². The van der Waals surface area contributed by atoms with Crippen LogP contribution in [0.25, 0.3) is 22.3 Å². The van der Waals surface area contributed by atoms with Gasteiger partial charge in [0.25, 0.3) is 0 Å². The standard InChI is InChI=1S/C21H20O13S/c1-8-15(25)17(27)20(34-35(28,29)30)21(31-8)33-19-16(26)14-12(24)6-11(23)7-13(14)32-18(19)9-2-4-10(22)5-3-9/h2-8,15,17,20-25,27H,1H3,(H,28,29,30). The summed E-state index contributed by atoms with van der Waals surface area (Å²) in [7, 11) is -5.17. The first-order valence-corrected chi connectivity index (χ1v) is 11.4. The number of benzene rings is 2. The van der Waals surface area contributed by atoms with Gasteiger partial charge in [0.15, 0.2) is 11.9 Å². The summed E-state index contributed by atoms with van der Waals surface area (Å²) in [6.45, 7) is 1.33. The van der Waals surface area contributed by atoms with E-state index in [1.54, 1.807) is 0 Å². The molecule has 188 valence electrons. The topological polar surface area (TPSA) is 213 Å². The monoisotopic (exact) mass is 512 g/mol. The average Bonchev–Trinajstić information content (AvgIpc) is 2.76. The molecule has 4 rings (SSSR count). The third-order valence-corrected chi connectivity index (χ3v) is 5.76. The maximum absolute atomic E-state index is 13.4. The lowest BCUT2D eigenvalue weighted by Crippen LogP contribution is -2.59. The minimum atomic E-state index is -5.17. The minimum absolute atomic E-state index is 0.113. The van der Waals surface area contributed by atoms with E-state index in [4.69, 9.17) is 18.4 Å². The van der Waals surface area contributed by atoms with Crippen molar-refractivity contribution in [2.45, 2.75) is 37.6 Å². The average molecular weight is 512 g/mol. The van der Waals surface area contributed by atoms with Crippen molar-refractivity contribution in [3.63, 3.8) is 0 Å². The number of aliphatic hydroxyl groups is 2. The molecule has 0 aliphatic carbocycles. The SMILES string of the molecule is CC1OC(Oc2c(-c3ccc(O)cc3)oc3cc(O)cc(O)c3c2=O)C(OS(=O)(=O)O)C(O)C1O. The van der Waals surface area contributed by atoms with Crippen molar-refractivity contribution in [3.8, 4) is 34.3 Å². The summed E-state index contributed by atoms with van der Waals surface area (Å²) in [5.74, 6) is -2.09. The quantitative estimate of drug-likeness (QED) is 0.259. The van der Waals surface area contributed by atoms with E-state index in [2.05, 4.69) is 4.18 Å². The van der Waals surface area contributed by atoms with E-state index in [0.717, 1.165) is 12.1 Å². The van der Waals surface area contributed by atoms with Gasteiger partial charge in [-0.1, -0.05) is 0 Å². The highest BCUT2D eigenvalue weighted by Gasteiger charge is 2.47. The van der Waals surface area contributed by atoms with Gasteiger partial charge in [0.05, 0.1) is 6.10 Å². The Kier molecular flexibility index (Phi) is 6.35. The Morgan fingerprint density at radius 2 is 1.63 bits per heavy atom. The molecule has 1 aliphatic rings. The predicted octanol–water partition coefficient (Wildman–Crippen LogP) is 0.610. The summed E-state index contributed by atoms with van der Waals surface area (Å²) in [5, 5.41) is 49.6. The number of hydrogen-bond donors (Lipinski definition) is 6. The summed E-state index contributed by atoms with van der Waals surface area (Å²) in [6.07, 6.45) is -8.60. The van der Waals surface area contributed by atoms with Crippen LogP contribution in [0.2, 0.25) is 0 Å². The molecule has 6 N–H and O–H groups in total. The van der Waals surface area contributed by atoms with Crippen LogP contribution in [0.3, 0.4) is 0 Å². The number of fused-ring (bicyclic) bond motifs is 1. The lowest BCUT2D eigenvalue weighted by Gasteiger charge is -2.40. The van der Waals surface area contributed by atoms with Crippen LogP contribution in [0.5, 0.6) is 23.0 Å². The van der Waals surface area contributed by atoms with E-state index in [1.807, 2.05) is 0 Å². The largest absolute Gasteiger partial charge is 0.508 e. The summed E-state index contributed by atoms with van der Waals surface area (Å²) in [5.41, 5.74) is -1.03. The molecule has 1 saturated heterocycles. The van der Waals surface area contributed by atoms with Crippen LogP contribution in [-0.4, -0.2) is 69.2 Å². The lowest BCUT2D eigenvalue weighted by atomic mass is 10.00. The minimum Gasteiger partial charge on any atom is -0.508 e. The second-order valence-electron chi connectivity index (χ2n) is 7.77. The number of ether oxygens (including phenoxy) is 2. The molecule has 2 heterocycles. The zero-order valence-corrected chi connectivity index (χ0v) is 18.6. The van der Waals surface area contributed by atoms with Gasteiger partial charge in [0.1, 0.15) is 40.4 Å². The molecular weight excluding hydrogens is 492 g/mol. The van der Waals surface area contributed by atoms with Crippen LogP contribution in [0.15, 0.2) is 45.6 Å². The second-order valence-corrected chi connectivity index (χ2v) is 8.82. The summed E-state index contributed by atoms with van der Waals surface area (Å²) in [6, 6.07) is 7.19. The third-order valence-electron chi connectivity index (χ3n) is 5.30. The molecule has 0 radical (unpaired) electrons. The van der Waals surface area contributed by atoms with E-state index in [9.17, 15) is 38.7 Å². The molecule has 2 aromatic carbocycles. The smallest absolute Gasteiger partial charge is 0.397 e. The van der Waals surface area contributed by atoms with Gasteiger partial charge in [0, 0.05) is 17.7 Å². The zero-order chi connectivity index (χ0) is 25.7. The summed E-state index contributed by atoms with van der Waals surface area (Å²) >= 11 is 0. The van der Waals surface area contributed by atoms with Crippen LogP contribution in [0.4, 0.5) is 0 Å². The van der Waals surface area contributed by atoms with Crippen LogP contribution in [0.1, 0.15) is 6.92 Å². The first kappa shape index (κ1) is 24.7. The highest BCUT2D eigenvalue weighted by molar-refractivity contribution is 7.80. The van der Waals surface area contributed by atoms with Gasteiger partial charge in [0.2, 0.25) is 17.5 Å². The molecular formula is C21H20O13S. The fraction of sp³-hybridized carbons (Fsp3) is 0.286. The number of phenolic OH excluding ortho intramolecular Hbond substituents is 3. The number of aromatic hydroxyl groups is 3. The van der Waals surface area contributed by atoms with Crippen molar-refractivity contribution in [1.82, 2.24) is 0 Å². The number of phenols is 3. The summed E-state index contributed by atoms with van der Waals surface area (Å²) in [4.78, 5) is 13.4. The lowest BCUT2D eigenvalue weighted by molar-refractivity contribution is -0.262. The normalized spacial score (nSPS) is 25.0. The van der Waals surface area contributed by atoms with Crippen LogP contribution in [0, 0.1) is 0 Å². The van der Waals surface area contributed by atoms with Crippen LogP contribution >= 0.6 is 0 Å². The molecule has 1 fully saturated rings. The van der Waals surface area contributed by atoms with E-state index in [1.165, 1.54) is 31.2 Å². The highest BCUT2D eigenvalue weighted by Crippen LogP contribution is 2.37. The van der Waals surface area contributed by atoms with Gasteiger partial charge in [-0.25, -0.2) is 4.18 Å².